The Morgan fingerprint density at radius 1 is 1.00 bits per heavy atom. The molecule has 28 heavy (non-hydrogen) atoms. The molecule has 12 heteroatoms. The molecular weight excluding hydrogens is 400 g/mol. The van der Waals surface area contributed by atoms with E-state index >= 15 is 0 Å². The number of nitrogen functional groups attached to an aromatic ring is 1. The summed E-state index contributed by atoms with van der Waals surface area (Å²) in [5.74, 6) is -0.755. The van der Waals surface area contributed by atoms with Crippen LogP contribution in [0.4, 0.5) is 40.9 Å². The molecule has 150 valence electrons. The van der Waals surface area contributed by atoms with Crippen LogP contribution in [0.3, 0.4) is 0 Å². The molecule has 0 amide bonds. The van der Waals surface area contributed by atoms with Crippen molar-refractivity contribution in [2.45, 2.75) is 25.7 Å². The third kappa shape index (κ3) is 3.34. The molecule has 0 bridgehead atoms. The molecule has 1 aromatic carbocycles. The van der Waals surface area contributed by atoms with Gasteiger partial charge in [0.05, 0.1) is 16.6 Å². The normalized spacial score (nSPS) is 12.9. The number of alkyl halides is 8. The minimum Gasteiger partial charge on any atom is -0.383 e. The van der Waals surface area contributed by atoms with E-state index in [1.54, 1.807) is 0 Å². The van der Waals surface area contributed by atoms with Crippen molar-refractivity contribution in [2.75, 3.05) is 5.73 Å². The maximum Gasteiger partial charge on any atom is 0.434 e. The number of fused-ring (bicyclic) bond motifs is 1. The highest BCUT2D eigenvalue weighted by atomic mass is 19.4. The number of hydrogen-bond acceptors (Lipinski definition) is 3. The molecule has 2 aromatic heterocycles. The van der Waals surface area contributed by atoms with Gasteiger partial charge in [-0.15, -0.1) is 0 Å². The third-order valence-corrected chi connectivity index (χ3v) is 3.90. The molecule has 0 aliphatic heterocycles. The Morgan fingerprint density at radius 2 is 1.64 bits per heavy atom. The van der Waals surface area contributed by atoms with E-state index in [0.29, 0.717) is 10.2 Å². The number of benzene rings is 1. The second-order valence-corrected chi connectivity index (χ2v) is 5.91. The summed E-state index contributed by atoms with van der Waals surface area (Å²) in [4.78, 5) is 2.65. The summed E-state index contributed by atoms with van der Waals surface area (Å²) in [6, 6.07) is 3.89. The molecule has 0 aliphatic rings. The van der Waals surface area contributed by atoms with Gasteiger partial charge in [0.15, 0.2) is 5.69 Å². The summed E-state index contributed by atoms with van der Waals surface area (Å²) in [7, 11) is 0. The lowest BCUT2D eigenvalue weighted by Crippen LogP contribution is -2.15. The van der Waals surface area contributed by atoms with Gasteiger partial charge >= 0.3 is 12.4 Å². The van der Waals surface area contributed by atoms with Crippen LogP contribution < -0.4 is 5.73 Å². The molecule has 4 nitrogen and oxygen atoms in total. The monoisotopic (exact) mass is 410 g/mol. The molecule has 0 saturated carbocycles. The number of halogens is 8. The first kappa shape index (κ1) is 19.8. The zero-order valence-electron chi connectivity index (χ0n) is 13.8. The number of aromatic nitrogens is 3. The van der Waals surface area contributed by atoms with Crippen LogP contribution in [0.2, 0.25) is 0 Å². The van der Waals surface area contributed by atoms with Crippen molar-refractivity contribution >= 4 is 16.7 Å². The fraction of sp³-hybridized carbons (Fsp3) is 0.250. The minimum atomic E-state index is -5.28. The van der Waals surface area contributed by atoms with E-state index in [9.17, 15) is 35.1 Å². The van der Waals surface area contributed by atoms with Crippen molar-refractivity contribution < 1.29 is 35.1 Å². The van der Waals surface area contributed by atoms with Crippen molar-refractivity contribution in [3.63, 3.8) is 0 Å². The number of anilines is 1. The van der Waals surface area contributed by atoms with Gasteiger partial charge in [0.1, 0.15) is 11.5 Å². The summed E-state index contributed by atoms with van der Waals surface area (Å²) in [6.07, 6.45) is -13.5. The predicted molar refractivity (Wildman–Crippen MR) is 83.0 cm³/mol. The average Bonchev–Trinajstić information content (AvgIpc) is 2.89. The zero-order valence-corrected chi connectivity index (χ0v) is 13.8. The van der Waals surface area contributed by atoms with Crippen LogP contribution in [0.1, 0.15) is 28.9 Å². The van der Waals surface area contributed by atoms with E-state index in [2.05, 4.69) is 10.1 Å². The van der Waals surface area contributed by atoms with Gasteiger partial charge in [0.25, 0.3) is 6.43 Å². The Morgan fingerprint density at radius 3 is 2.18 bits per heavy atom. The molecule has 2 heterocycles. The summed E-state index contributed by atoms with van der Waals surface area (Å²) < 4.78 is 106. The molecular formula is C16H10F8N4. The Hall–Kier alpha value is -2.92. The number of aryl methyl sites for hydroxylation is 1. The zero-order chi connectivity index (χ0) is 21.0. The SMILES string of the molecule is Cc1ccc(-n2nc3cc(C(F)(F)F)nc(C(F)(F)F)c3c2N)c(C(F)F)c1. The van der Waals surface area contributed by atoms with E-state index < -0.39 is 52.5 Å². The second-order valence-electron chi connectivity index (χ2n) is 5.91. The van der Waals surface area contributed by atoms with Gasteiger partial charge < -0.3 is 5.73 Å². The lowest BCUT2D eigenvalue weighted by molar-refractivity contribution is -0.149. The van der Waals surface area contributed by atoms with E-state index in [0.717, 1.165) is 12.1 Å². The van der Waals surface area contributed by atoms with Crippen LogP contribution in [0.15, 0.2) is 24.3 Å². The van der Waals surface area contributed by atoms with Crippen LogP contribution in [0, 0.1) is 6.92 Å². The Balaban J connectivity index is 2.39. The van der Waals surface area contributed by atoms with Crippen molar-refractivity contribution in [1.82, 2.24) is 14.8 Å². The quantitative estimate of drug-likeness (QED) is 0.585. The maximum atomic E-state index is 13.3. The molecule has 0 aliphatic carbocycles. The molecule has 0 saturated heterocycles. The summed E-state index contributed by atoms with van der Waals surface area (Å²) in [5, 5.41) is 2.72. The standard InChI is InChI=1S/C16H10F8N4/c1-6-2-3-9(7(4-6)13(17)18)28-14(25)11-8(27-28)5-10(15(19,20)21)26-12(11)16(22,23)24/h2-5,13H,25H2,1H3. The number of nitrogens with two attached hydrogens (primary N) is 1. The molecule has 2 N–H and O–H groups in total. The lowest BCUT2D eigenvalue weighted by Gasteiger charge is -2.12. The molecule has 3 aromatic rings. The van der Waals surface area contributed by atoms with Crippen LogP contribution in [0.25, 0.3) is 16.6 Å². The van der Waals surface area contributed by atoms with Crippen LogP contribution in [-0.2, 0) is 12.4 Å². The number of hydrogen-bond donors (Lipinski definition) is 1. The molecule has 0 unspecified atom stereocenters. The first-order chi connectivity index (χ1) is 12.8. The lowest BCUT2D eigenvalue weighted by atomic mass is 10.1. The first-order valence-corrected chi connectivity index (χ1v) is 7.53. The van der Waals surface area contributed by atoms with Crippen LogP contribution in [-0.4, -0.2) is 14.8 Å². The highest BCUT2D eigenvalue weighted by Gasteiger charge is 2.41. The van der Waals surface area contributed by atoms with Crippen LogP contribution >= 0.6 is 0 Å². The smallest absolute Gasteiger partial charge is 0.383 e. The Bertz CT molecular complexity index is 1050. The molecule has 0 spiro atoms. The Labute approximate surface area is 151 Å². The topological polar surface area (TPSA) is 56.7 Å². The van der Waals surface area contributed by atoms with Crippen molar-refractivity contribution in [2.24, 2.45) is 0 Å². The molecule has 3 rings (SSSR count). The largest absolute Gasteiger partial charge is 0.434 e. The minimum absolute atomic E-state index is 0.285. The van der Waals surface area contributed by atoms with E-state index in [1.807, 2.05) is 0 Å². The Kier molecular flexibility index (Phi) is 4.47. The highest BCUT2D eigenvalue weighted by Crippen LogP contribution is 2.40. The molecule has 0 atom stereocenters. The second kappa shape index (κ2) is 6.31. The van der Waals surface area contributed by atoms with Crippen molar-refractivity contribution in [3.8, 4) is 5.69 Å². The van der Waals surface area contributed by atoms with Gasteiger partial charge in [-0.05, 0) is 25.1 Å². The van der Waals surface area contributed by atoms with E-state index in [1.165, 1.54) is 13.0 Å². The number of nitrogens with zero attached hydrogens (tertiary/aromatic N) is 3. The summed E-state index contributed by atoms with van der Waals surface area (Å²) in [6.45, 7) is 1.51. The van der Waals surface area contributed by atoms with Gasteiger partial charge in [-0.1, -0.05) is 11.6 Å². The molecule has 0 fully saturated rings. The van der Waals surface area contributed by atoms with Crippen molar-refractivity contribution in [3.05, 3.63) is 46.8 Å². The van der Waals surface area contributed by atoms with Crippen molar-refractivity contribution in [1.29, 1.82) is 0 Å². The van der Waals surface area contributed by atoms with Gasteiger partial charge in [0.2, 0.25) is 0 Å². The predicted octanol–water partition coefficient (Wildman–Crippen LogP) is 5.29. The fourth-order valence-corrected chi connectivity index (χ4v) is 2.71. The summed E-state index contributed by atoms with van der Waals surface area (Å²) >= 11 is 0. The van der Waals surface area contributed by atoms with Gasteiger partial charge in [-0.3, -0.25) is 0 Å². The average molecular weight is 410 g/mol. The van der Waals surface area contributed by atoms with Crippen LogP contribution in [0.5, 0.6) is 0 Å². The van der Waals surface area contributed by atoms with E-state index in [4.69, 9.17) is 5.73 Å². The highest BCUT2D eigenvalue weighted by molar-refractivity contribution is 5.92. The first-order valence-electron chi connectivity index (χ1n) is 7.53. The van der Waals surface area contributed by atoms with Gasteiger partial charge in [-0.2, -0.15) is 31.4 Å². The fourth-order valence-electron chi connectivity index (χ4n) is 2.71. The third-order valence-electron chi connectivity index (χ3n) is 3.90. The number of rotatable bonds is 2. The maximum absolute atomic E-state index is 13.3. The van der Waals surface area contributed by atoms with Gasteiger partial charge in [-0.25, -0.2) is 18.4 Å². The number of pyridine rings is 1. The summed E-state index contributed by atoms with van der Waals surface area (Å²) in [5.41, 5.74) is 0.677. The van der Waals surface area contributed by atoms with Gasteiger partial charge in [0, 0.05) is 5.56 Å². The molecule has 0 radical (unpaired) electrons. The van der Waals surface area contributed by atoms with E-state index in [-0.39, 0.29) is 11.8 Å².